The Morgan fingerprint density at radius 3 is 2.72 bits per heavy atom. The van der Waals surface area contributed by atoms with Crippen molar-refractivity contribution in [1.82, 2.24) is 15.1 Å². The van der Waals surface area contributed by atoms with Crippen LogP contribution in [0.4, 0.5) is 0 Å². The molecule has 0 bridgehead atoms. The second-order valence-electron chi connectivity index (χ2n) is 5.92. The lowest BCUT2D eigenvalue weighted by atomic mass is 9.92. The zero-order valence-corrected chi connectivity index (χ0v) is 12.0. The van der Waals surface area contributed by atoms with Crippen molar-refractivity contribution >= 4 is 11.6 Å². The highest BCUT2D eigenvalue weighted by atomic mass is 35.5. The minimum Gasteiger partial charge on any atom is -0.308 e. The Morgan fingerprint density at radius 2 is 2.17 bits per heavy atom. The lowest BCUT2D eigenvalue weighted by molar-refractivity contribution is 0.327. The third kappa shape index (κ3) is 2.19. The third-order valence-corrected chi connectivity index (χ3v) is 4.89. The first-order chi connectivity index (χ1) is 8.70. The van der Waals surface area contributed by atoms with Crippen molar-refractivity contribution in [2.75, 3.05) is 6.54 Å². The predicted molar refractivity (Wildman–Crippen MR) is 73.6 cm³/mol. The first-order valence-corrected chi connectivity index (χ1v) is 7.49. The molecular formula is C14H22ClN3. The Balaban J connectivity index is 1.80. The second kappa shape index (κ2) is 4.86. The molecule has 0 spiro atoms. The minimum absolute atomic E-state index is 0.387. The van der Waals surface area contributed by atoms with Gasteiger partial charge in [-0.15, -0.1) is 0 Å². The number of nitrogens with one attached hydrogen (secondary N) is 1. The van der Waals surface area contributed by atoms with Gasteiger partial charge in [-0.25, -0.2) is 0 Å². The molecule has 2 saturated carbocycles. The van der Waals surface area contributed by atoms with Gasteiger partial charge in [-0.05, 0) is 50.0 Å². The first-order valence-electron chi connectivity index (χ1n) is 7.11. The third-order valence-electron chi connectivity index (χ3n) is 4.60. The fourth-order valence-electron chi connectivity index (χ4n) is 3.59. The maximum atomic E-state index is 6.32. The van der Waals surface area contributed by atoms with E-state index in [9.17, 15) is 0 Å². The molecule has 1 aromatic heterocycles. The van der Waals surface area contributed by atoms with Crippen LogP contribution in [0.3, 0.4) is 0 Å². The quantitative estimate of drug-likeness (QED) is 0.888. The smallest absolute Gasteiger partial charge is 0.0834 e. The van der Waals surface area contributed by atoms with Crippen LogP contribution in [0, 0.1) is 17.8 Å². The standard InChI is InChI=1S/C14H22ClN3/c1-3-4-16-13(11-6-9-5-10(9)7-11)14-12(15)8-17-18(14)2/h8-11,13,16H,3-7H2,1-2H3. The summed E-state index contributed by atoms with van der Waals surface area (Å²) in [6.07, 6.45) is 7.13. The van der Waals surface area contributed by atoms with E-state index in [1.807, 2.05) is 11.7 Å². The van der Waals surface area contributed by atoms with Gasteiger partial charge >= 0.3 is 0 Å². The lowest BCUT2D eigenvalue weighted by Gasteiger charge is -2.26. The topological polar surface area (TPSA) is 29.9 Å². The zero-order valence-electron chi connectivity index (χ0n) is 11.2. The van der Waals surface area contributed by atoms with Gasteiger partial charge in [-0.1, -0.05) is 18.5 Å². The maximum absolute atomic E-state index is 6.32. The molecule has 0 radical (unpaired) electrons. The van der Waals surface area contributed by atoms with Gasteiger partial charge in [-0.3, -0.25) is 4.68 Å². The molecule has 1 heterocycles. The van der Waals surface area contributed by atoms with Crippen LogP contribution in [-0.2, 0) is 7.05 Å². The van der Waals surface area contributed by atoms with E-state index in [2.05, 4.69) is 17.3 Å². The monoisotopic (exact) mass is 267 g/mol. The molecule has 1 aromatic rings. The van der Waals surface area contributed by atoms with E-state index in [4.69, 9.17) is 11.6 Å². The highest BCUT2D eigenvalue weighted by Gasteiger charge is 2.48. The Kier molecular flexibility index (Phi) is 3.37. The van der Waals surface area contributed by atoms with Gasteiger partial charge < -0.3 is 5.32 Å². The molecule has 100 valence electrons. The fourth-order valence-corrected chi connectivity index (χ4v) is 3.87. The molecular weight excluding hydrogens is 246 g/mol. The van der Waals surface area contributed by atoms with Crippen molar-refractivity contribution in [3.63, 3.8) is 0 Å². The van der Waals surface area contributed by atoms with Gasteiger partial charge in [0, 0.05) is 7.05 Å². The highest BCUT2D eigenvalue weighted by molar-refractivity contribution is 6.31. The zero-order chi connectivity index (χ0) is 12.7. The van der Waals surface area contributed by atoms with E-state index in [1.165, 1.54) is 25.0 Å². The highest BCUT2D eigenvalue weighted by Crippen LogP contribution is 2.57. The first kappa shape index (κ1) is 12.5. The van der Waals surface area contributed by atoms with Gasteiger partial charge in [0.2, 0.25) is 0 Å². The molecule has 0 aliphatic heterocycles. The summed E-state index contributed by atoms with van der Waals surface area (Å²) in [5.74, 6) is 2.76. The van der Waals surface area contributed by atoms with Crippen LogP contribution >= 0.6 is 11.6 Å². The molecule has 1 N–H and O–H groups in total. The molecule has 3 nitrogen and oxygen atoms in total. The molecule has 2 fully saturated rings. The Hall–Kier alpha value is -0.540. The number of hydrogen-bond donors (Lipinski definition) is 1. The van der Waals surface area contributed by atoms with Gasteiger partial charge in [0.15, 0.2) is 0 Å². The van der Waals surface area contributed by atoms with Crippen LogP contribution in [0.15, 0.2) is 6.20 Å². The average Bonchev–Trinajstić information content (AvgIpc) is 2.83. The minimum atomic E-state index is 0.387. The summed E-state index contributed by atoms with van der Waals surface area (Å²) in [6.45, 7) is 3.26. The number of rotatable bonds is 5. The predicted octanol–water partition coefficient (Wildman–Crippen LogP) is 3.16. The number of halogens is 1. The fraction of sp³-hybridized carbons (Fsp3) is 0.786. The summed E-state index contributed by atoms with van der Waals surface area (Å²) in [6, 6.07) is 0.387. The van der Waals surface area contributed by atoms with E-state index in [1.54, 1.807) is 6.20 Å². The summed E-state index contributed by atoms with van der Waals surface area (Å²) in [7, 11) is 2.00. The Labute approximate surface area is 114 Å². The second-order valence-corrected chi connectivity index (χ2v) is 6.33. The molecule has 0 amide bonds. The van der Waals surface area contributed by atoms with Crippen LogP contribution in [0.5, 0.6) is 0 Å². The summed E-state index contributed by atoms with van der Waals surface area (Å²) in [5.41, 5.74) is 1.18. The molecule has 18 heavy (non-hydrogen) atoms. The van der Waals surface area contributed by atoms with Gasteiger partial charge in [0.05, 0.1) is 23.0 Å². The van der Waals surface area contributed by atoms with Crippen molar-refractivity contribution in [3.8, 4) is 0 Å². The van der Waals surface area contributed by atoms with E-state index < -0.39 is 0 Å². The number of hydrogen-bond acceptors (Lipinski definition) is 2. The summed E-state index contributed by atoms with van der Waals surface area (Å²) >= 11 is 6.32. The van der Waals surface area contributed by atoms with Gasteiger partial charge in [0.1, 0.15) is 0 Å². The van der Waals surface area contributed by atoms with Crippen LogP contribution in [0.25, 0.3) is 0 Å². The number of fused-ring (bicyclic) bond motifs is 1. The molecule has 0 saturated heterocycles. The van der Waals surface area contributed by atoms with E-state index in [-0.39, 0.29) is 0 Å². The van der Waals surface area contributed by atoms with E-state index in [0.717, 1.165) is 35.7 Å². The largest absolute Gasteiger partial charge is 0.308 e. The number of aryl methyl sites for hydroxylation is 1. The molecule has 2 aliphatic rings. The normalized spacial score (nSPS) is 31.4. The van der Waals surface area contributed by atoms with Crippen molar-refractivity contribution in [3.05, 3.63) is 16.9 Å². The van der Waals surface area contributed by atoms with Gasteiger partial charge in [-0.2, -0.15) is 5.10 Å². The van der Waals surface area contributed by atoms with Crippen molar-refractivity contribution in [1.29, 1.82) is 0 Å². The summed E-state index contributed by atoms with van der Waals surface area (Å²) in [5, 5.41) is 8.79. The Bertz CT molecular complexity index is 399. The molecule has 3 unspecified atom stereocenters. The Morgan fingerprint density at radius 1 is 1.44 bits per heavy atom. The van der Waals surface area contributed by atoms with Crippen LogP contribution < -0.4 is 5.32 Å². The van der Waals surface area contributed by atoms with Crippen LogP contribution in [0.1, 0.15) is 44.3 Å². The molecule has 0 aromatic carbocycles. The summed E-state index contributed by atoms with van der Waals surface area (Å²) in [4.78, 5) is 0. The average molecular weight is 268 g/mol. The molecule has 4 heteroatoms. The van der Waals surface area contributed by atoms with Crippen LogP contribution in [0.2, 0.25) is 5.02 Å². The van der Waals surface area contributed by atoms with Crippen molar-refractivity contribution in [2.45, 2.75) is 38.6 Å². The molecule has 3 rings (SSSR count). The van der Waals surface area contributed by atoms with Crippen molar-refractivity contribution < 1.29 is 0 Å². The summed E-state index contributed by atoms with van der Waals surface area (Å²) < 4.78 is 1.94. The number of aromatic nitrogens is 2. The SMILES string of the molecule is CCCNC(c1c(Cl)cnn1C)C1CC2CC2C1. The van der Waals surface area contributed by atoms with E-state index >= 15 is 0 Å². The molecule has 3 atom stereocenters. The number of nitrogens with zero attached hydrogens (tertiary/aromatic N) is 2. The maximum Gasteiger partial charge on any atom is 0.0834 e. The van der Waals surface area contributed by atoms with Crippen LogP contribution in [-0.4, -0.2) is 16.3 Å². The molecule has 2 aliphatic carbocycles. The van der Waals surface area contributed by atoms with Gasteiger partial charge in [0.25, 0.3) is 0 Å². The van der Waals surface area contributed by atoms with Crippen molar-refractivity contribution in [2.24, 2.45) is 24.8 Å². The lowest BCUT2D eigenvalue weighted by Crippen LogP contribution is -2.30. The van der Waals surface area contributed by atoms with E-state index in [0.29, 0.717) is 6.04 Å².